The SMILES string of the molecule is CC(C)CC1NC(=O)C2(CCN(CCc3ccccc3)CC2)N(Cc2ccccc2)C1=O. The molecule has 2 aliphatic rings. The van der Waals surface area contributed by atoms with E-state index in [1.54, 1.807) is 0 Å². The van der Waals surface area contributed by atoms with Crippen LogP contribution in [0.15, 0.2) is 60.7 Å². The van der Waals surface area contributed by atoms with E-state index in [0.717, 1.165) is 31.6 Å². The minimum Gasteiger partial charge on any atom is -0.342 e. The van der Waals surface area contributed by atoms with E-state index in [0.29, 0.717) is 31.7 Å². The minimum atomic E-state index is -0.746. The molecule has 2 amide bonds. The van der Waals surface area contributed by atoms with Crippen LogP contribution in [0.3, 0.4) is 0 Å². The van der Waals surface area contributed by atoms with E-state index >= 15 is 0 Å². The van der Waals surface area contributed by atoms with Crippen molar-refractivity contribution in [2.45, 2.75) is 57.7 Å². The van der Waals surface area contributed by atoms with Crippen molar-refractivity contribution in [2.24, 2.45) is 5.92 Å². The summed E-state index contributed by atoms with van der Waals surface area (Å²) in [6.07, 6.45) is 3.04. The maximum atomic E-state index is 13.6. The second-order valence-electron chi connectivity index (χ2n) is 9.67. The molecule has 32 heavy (non-hydrogen) atoms. The van der Waals surface area contributed by atoms with Crippen molar-refractivity contribution in [3.05, 3.63) is 71.8 Å². The molecule has 2 saturated heterocycles. The number of likely N-dealkylation sites (tertiary alicyclic amines) is 1. The van der Waals surface area contributed by atoms with Crippen molar-refractivity contribution in [2.75, 3.05) is 19.6 Å². The number of carbonyl (C=O) groups is 2. The fraction of sp³-hybridized carbons (Fsp3) is 0.481. The van der Waals surface area contributed by atoms with Gasteiger partial charge in [0.25, 0.3) is 0 Å². The average molecular weight is 434 g/mol. The molecule has 4 rings (SSSR count). The quantitative estimate of drug-likeness (QED) is 0.725. The Labute approximate surface area is 191 Å². The number of nitrogens with zero attached hydrogens (tertiary/aromatic N) is 2. The highest BCUT2D eigenvalue weighted by Crippen LogP contribution is 2.35. The number of piperidine rings is 1. The molecule has 1 atom stereocenters. The van der Waals surface area contributed by atoms with Crippen molar-refractivity contribution in [1.82, 2.24) is 15.1 Å². The number of piperazine rings is 1. The smallest absolute Gasteiger partial charge is 0.246 e. The lowest BCUT2D eigenvalue weighted by atomic mass is 9.80. The highest BCUT2D eigenvalue weighted by molar-refractivity contribution is 6.00. The molecule has 1 unspecified atom stereocenters. The second-order valence-corrected chi connectivity index (χ2v) is 9.67. The molecule has 5 heteroatoms. The molecule has 0 aromatic heterocycles. The predicted octanol–water partition coefficient (Wildman–Crippen LogP) is 3.64. The van der Waals surface area contributed by atoms with Gasteiger partial charge in [-0.25, -0.2) is 0 Å². The Hall–Kier alpha value is -2.66. The minimum absolute atomic E-state index is 0.0291. The van der Waals surface area contributed by atoms with Crippen LogP contribution >= 0.6 is 0 Å². The van der Waals surface area contributed by atoms with Gasteiger partial charge in [-0.3, -0.25) is 9.59 Å². The maximum absolute atomic E-state index is 13.6. The van der Waals surface area contributed by atoms with Gasteiger partial charge < -0.3 is 15.1 Å². The zero-order valence-electron chi connectivity index (χ0n) is 19.3. The summed E-state index contributed by atoms with van der Waals surface area (Å²) in [6.45, 7) is 7.31. The summed E-state index contributed by atoms with van der Waals surface area (Å²) in [4.78, 5) is 31.4. The summed E-state index contributed by atoms with van der Waals surface area (Å²) in [7, 11) is 0. The topological polar surface area (TPSA) is 52.7 Å². The van der Waals surface area contributed by atoms with Gasteiger partial charge in [0.15, 0.2) is 0 Å². The van der Waals surface area contributed by atoms with Crippen molar-refractivity contribution in [3.63, 3.8) is 0 Å². The van der Waals surface area contributed by atoms with E-state index in [9.17, 15) is 9.59 Å². The Kier molecular flexibility index (Phi) is 6.95. The molecule has 0 bridgehead atoms. The van der Waals surface area contributed by atoms with Crippen molar-refractivity contribution >= 4 is 11.8 Å². The Morgan fingerprint density at radius 3 is 2.12 bits per heavy atom. The number of rotatable bonds is 7. The van der Waals surface area contributed by atoms with E-state index in [1.807, 2.05) is 41.3 Å². The van der Waals surface area contributed by atoms with Crippen LogP contribution in [0.5, 0.6) is 0 Å². The molecule has 170 valence electrons. The lowest BCUT2D eigenvalue weighted by Crippen LogP contribution is -2.72. The van der Waals surface area contributed by atoms with E-state index in [-0.39, 0.29) is 11.8 Å². The van der Waals surface area contributed by atoms with Crippen LogP contribution in [0.4, 0.5) is 0 Å². The van der Waals surface area contributed by atoms with Gasteiger partial charge in [-0.2, -0.15) is 0 Å². The summed E-state index contributed by atoms with van der Waals surface area (Å²) < 4.78 is 0. The monoisotopic (exact) mass is 433 g/mol. The number of hydrogen-bond donors (Lipinski definition) is 1. The van der Waals surface area contributed by atoms with Gasteiger partial charge in [0.05, 0.1) is 0 Å². The average Bonchev–Trinajstić information content (AvgIpc) is 2.81. The van der Waals surface area contributed by atoms with Crippen LogP contribution in [-0.2, 0) is 22.6 Å². The van der Waals surface area contributed by atoms with Crippen LogP contribution in [0.25, 0.3) is 0 Å². The van der Waals surface area contributed by atoms with E-state index in [4.69, 9.17) is 0 Å². The van der Waals surface area contributed by atoms with Crippen LogP contribution in [0.2, 0.25) is 0 Å². The van der Waals surface area contributed by atoms with E-state index < -0.39 is 11.6 Å². The standard InChI is InChI=1S/C27H35N3O2/c1-21(2)19-24-25(31)30(20-23-11-7-4-8-12-23)27(26(32)28-24)14-17-29(18-15-27)16-13-22-9-5-3-6-10-22/h3-12,21,24H,13-20H2,1-2H3,(H,28,32). The first-order valence-electron chi connectivity index (χ1n) is 11.9. The van der Waals surface area contributed by atoms with Crippen molar-refractivity contribution < 1.29 is 9.59 Å². The number of nitrogens with one attached hydrogen (secondary N) is 1. The van der Waals surface area contributed by atoms with Gasteiger partial charge in [0.1, 0.15) is 11.6 Å². The molecule has 1 spiro atoms. The van der Waals surface area contributed by atoms with Gasteiger partial charge in [-0.1, -0.05) is 74.5 Å². The predicted molar refractivity (Wildman–Crippen MR) is 127 cm³/mol. The fourth-order valence-electron chi connectivity index (χ4n) is 5.08. The molecule has 0 radical (unpaired) electrons. The fourth-order valence-corrected chi connectivity index (χ4v) is 5.08. The second kappa shape index (κ2) is 9.86. The van der Waals surface area contributed by atoms with Crippen molar-refractivity contribution in [1.29, 1.82) is 0 Å². The van der Waals surface area contributed by atoms with Gasteiger partial charge in [0.2, 0.25) is 11.8 Å². The summed E-state index contributed by atoms with van der Waals surface area (Å²) >= 11 is 0. The zero-order valence-corrected chi connectivity index (χ0v) is 19.3. The molecular formula is C27H35N3O2. The summed E-state index contributed by atoms with van der Waals surface area (Å²) in [5, 5.41) is 3.10. The third-order valence-corrected chi connectivity index (χ3v) is 6.94. The zero-order chi connectivity index (χ0) is 22.6. The number of benzene rings is 2. The molecule has 0 saturated carbocycles. The Morgan fingerprint density at radius 2 is 1.53 bits per heavy atom. The van der Waals surface area contributed by atoms with Crippen LogP contribution in [-0.4, -0.2) is 52.8 Å². The first-order chi connectivity index (χ1) is 15.5. The van der Waals surface area contributed by atoms with Gasteiger partial charge >= 0.3 is 0 Å². The van der Waals surface area contributed by atoms with Crippen LogP contribution in [0.1, 0.15) is 44.2 Å². The first kappa shape index (κ1) is 22.5. The molecule has 1 N–H and O–H groups in total. The number of amides is 2. The maximum Gasteiger partial charge on any atom is 0.246 e. The summed E-state index contributed by atoms with van der Waals surface area (Å²) in [5.41, 5.74) is 1.66. The van der Waals surface area contributed by atoms with Crippen molar-refractivity contribution in [3.8, 4) is 0 Å². The molecule has 0 aliphatic carbocycles. The Bertz CT molecular complexity index is 905. The highest BCUT2D eigenvalue weighted by atomic mass is 16.2. The van der Waals surface area contributed by atoms with Crippen LogP contribution in [0, 0.1) is 5.92 Å². The number of hydrogen-bond acceptors (Lipinski definition) is 3. The molecule has 2 aliphatic heterocycles. The van der Waals surface area contributed by atoms with Gasteiger partial charge in [-0.15, -0.1) is 0 Å². The third-order valence-electron chi connectivity index (χ3n) is 6.94. The highest BCUT2D eigenvalue weighted by Gasteiger charge is 2.53. The molecule has 2 fully saturated rings. The lowest BCUT2D eigenvalue weighted by molar-refractivity contribution is -0.162. The van der Waals surface area contributed by atoms with Gasteiger partial charge in [0, 0.05) is 26.2 Å². The lowest BCUT2D eigenvalue weighted by Gasteiger charge is -2.52. The normalized spacial score (nSPS) is 21.2. The largest absolute Gasteiger partial charge is 0.342 e. The molecule has 5 nitrogen and oxygen atoms in total. The molecular weight excluding hydrogens is 398 g/mol. The summed E-state index contributed by atoms with van der Waals surface area (Å²) in [6, 6.07) is 20.2. The molecule has 2 heterocycles. The van der Waals surface area contributed by atoms with E-state index in [1.165, 1.54) is 5.56 Å². The Balaban J connectivity index is 1.49. The van der Waals surface area contributed by atoms with Crippen LogP contribution < -0.4 is 5.32 Å². The van der Waals surface area contributed by atoms with Gasteiger partial charge in [-0.05, 0) is 42.7 Å². The third kappa shape index (κ3) is 4.88. The van der Waals surface area contributed by atoms with E-state index in [2.05, 4.69) is 48.3 Å². The first-order valence-corrected chi connectivity index (χ1v) is 11.9. The molecule has 2 aromatic rings. The number of carbonyl (C=O) groups excluding carboxylic acids is 2. The summed E-state index contributed by atoms with van der Waals surface area (Å²) in [5.74, 6) is 0.443. The Morgan fingerprint density at radius 1 is 0.938 bits per heavy atom. The molecule has 2 aromatic carbocycles.